The fourth-order valence-corrected chi connectivity index (χ4v) is 3.41. The lowest BCUT2D eigenvalue weighted by atomic mass is 9.95. The molecule has 0 aliphatic rings. The molecule has 1 unspecified atom stereocenters. The summed E-state index contributed by atoms with van der Waals surface area (Å²) in [6.07, 6.45) is 0. The number of rotatable bonds is 3. The van der Waals surface area contributed by atoms with Gasteiger partial charge in [0.15, 0.2) is 0 Å². The Hall–Kier alpha value is -1.19. The van der Waals surface area contributed by atoms with E-state index in [4.69, 9.17) is 0 Å². The third-order valence-corrected chi connectivity index (χ3v) is 4.25. The molecular formula is C15H18FNS. The van der Waals surface area contributed by atoms with Crippen LogP contribution in [-0.4, -0.2) is 7.05 Å². The smallest absolute Gasteiger partial charge is 0.123 e. The minimum absolute atomic E-state index is 0.143. The Morgan fingerprint density at radius 3 is 2.17 bits per heavy atom. The number of aryl methyl sites for hydroxylation is 3. The van der Waals surface area contributed by atoms with Gasteiger partial charge in [-0.05, 0) is 68.8 Å². The van der Waals surface area contributed by atoms with E-state index in [-0.39, 0.29) is 11.9 Å². The lowest BCUT2D eigenvalue weighted by Crippen LogP contribution is -2.19. The molecule has 1 nitrogen and oxygen atoms in total. The Morgan fingerprint density at radius 2 is 1.72 bits per heavy atom. The molecule has 0 aliphatic heterocycles. The van der Waals surface area contributed by atoms with Crippen molar-refractivity contribution in [2.45, 2.75) is 26.8 Å². The van der Waals surface area contributed by atoms with Gasteiger partial charge in [-0.1, -0.05) is 0 Å². The van der Waals surface area contributed by atoms with Crippen molar-refractivity contribution in [2.75, 3.05) is 7.05 Å². The molecule has 1 heterocycles. The van der Waals surface area contributed by atoms with E-state index >= 15 is 0 Å². The molecule has 3 heteroatoms. The van der Waals surface area contributed by atoms with Crippen LogP contribution in [0.3, 0.4) is 0 Å². The van der Waals surface area contributed by atoms with Crippen molar-refractivity contribution in [3.8, 4) is 0 Å². The second-order valence-electron chi connectivity index (χ2n) is 4.62. The number of benzene rings is 1. The maximum absolute atomic E-state index is 13.4. The number of halogens is 1. The lowest BCUT2D eigenvalue weighted by Gasteiger charge is -2.20. The van der Waals surface area contributed by atoms with Gasteiger partial charge in [0.05, 0.1) is 6.04 Å². The molecule has 0 radical (unpaired) electrons. The minimum atomic E-state index is -0.161. The summed E-state index contributed by atoms with van der Waals surface area (Å²) in [6.45, 7) is 6.04. The van der Waals surface area contributed by atoms with Gasteiger partial charge in [0.2, 0.25) is 0 Å². The molecule has 1 aromatic carbocycles. The van der Waals surface area contributed by atoms with Crippen LogP contribution in [0.1, 0.15) is 32.5 Å². The maximum Gasteiger partial charge on any atom is 0.123 e. The summed E-state index contributed by atoms with van der Waals surface area (Å²) in [4.78, 5) is 2.57. The highest BCUT2D eigenvalue weighted by atomic mass is 32.1. The predicted octanol–water partition coefficient (Wildman–Crippen LogP) is 4.12. The first-order chi connectivity index (χ1) is 8.52. The SMILES string of the molecule is CNC(c1ccc(C)s1)c1c(C)cc(F)cc1C. The summed E-state index contributed by atoms with van der Waals surface area (Å²) in [6, 6.07) is 7.62. The van der Waals surface area contributed by atoms with Gasteiger partial charge in [-0.25, -0.2) is 4.39 Å². The Bertz CT molecular complexity index is 536. The van der Waals surface area contributed by atoms with Crippen LogP contribution in [0.5, 0.6) is 0 Å². The lowest BCUT2D eigenvalue weighted by molar-refractivity contribution is 0.619. The van der Waals surface area contributed by atoms with Gasteiger partial charge in [0.25, 0.3) is 0 Å². The molecule has 2 aromatic rings. The summed E-state index contributed by atoms with van der Waals surface area (Å²) in [5.74, 6) is -0.161. The van der Waals surface area contributed by atoms with Gasteiger partial charge in [-0.15, -0.1) is 11.3 Å². The highest BCUT2D eigenvalue weighted by Crippen LogP contribution is 2.32. The fourth-order valence-electron chi connectivity index (χ4n) is 2.41. The standard InChI is InChI=1S/C15H18FNS/c1-9-7-12(16)8-10(2)14(9)15(17-4)13-6-5-11(3)18-13/h5-8,15,17H,1-4H3. The Kier molecular flexibility index (Phi) is 3.83. The zero-order valence-corrected chi connectivity index (χ0v) is 12.0. The third-order valence-electron chi connectivity index (χ3n) is 3.18. The molecule has 0 amide bonds. The fraction of sp³-hybridized carbons (Fsp3) is 0.333. The van der Waals surface area contributed by atoms with E-state index in [1.54, 1.807) is 23.5 Å². The second-order valence-corrected chi connectivity index (χ2v) is 5.94. The zero-order chi connectivity index (χ0) is 13.3. The number of hydrogen-bond acceptors (Lipinski definition) is 2. The topological polar surface area (TPSA) is 12.0 Å². The van der Waals surface area contributed by atoms with Crippen LogP contribution in [0.15, 0.2) is 24.3 Å². The highest BCUT2D eigenvalue weighted by Gasteiger charge is 2.18. The van der Waals surface area contributed by atoms with Crippen LogP contribution < -0.4 is 5.32 Å². The van der Waals surface area contributed by atoms with E-state index in [0.717, 1.165) is 11.1 Å². The summed E-state index contributed by atoms with van der Waals surface area (Å²) >= 11 is 1.78. The Morgan fingerprint density at radius 1 is 1.11 bits per heavy atom. The molecule has 0 aliphatic carbocycles. The molecule has 96 valence electrons. The second kappa shape index (κ2) is 5.21. The number of thiophene rings is 1. The molecule has 0 saturated carbocycles. The predicted molar refractivity (Wildman–Crippen MR) is 75.8 cm³/mol. The van der Waals surface area contributed by atoms with Crippen molar-refractivity contribution in [1.29, 1.82) is 0 Å². The van der Waals surface area contributed by atoms with Crippen LogP contribution >= 0.6 is 11.3 Å². The molecule has 0 saturated heterocycles. The largest absolute Gasteiger partial charge is 0.309 e. The van der Waals surface area contributed by atoms with Crippen molar-refractivity contribution in [2.24, 2.45) is 0 Å². The summed E-state index contributed by atoms with van der Waals surface area (Å²) in [5, 5.41) is 3.34. The summed E-state index contributed by atoms with van der Waals surface area (Å²) in [7, 11) is 1.95. The average Bonchev–Trinajstić information content (AvgIpc) is 2.69. The van der Waals surface area contributed by atoms with Crippen LogP contribution in [0.4, 0.5) is 4.39 Å². The number of hydrogen-bond donors (Lipinski definition) is 1. The molecule has 0 spiro atoms. The summed E-state index contributed by atoms with van der Waals surface area (Å²) < 4.78 is 13.4. The Balaban J connectivity index is 2.51. The van der Waals surface area contributed by atoms with Crippen LogP contribution in [0.25, 0.3) is 0 Å². The monoisotopic (exact) mass is 263 g/mol. The van der Waals surface area contributed by atoms with Crippen molar-refractivity contribution in [1.82, 2.24) is 5.32 Å². The number of nitrogens with one attached hydrogen (secondary N) is 1. The van der Waals surface area contributed by atoms with Gasteiger partial charge in [-0.3, -0.25) is 0 Å². The molecule has 1 aromatic heterocycles. The van der Waals surface area contributed by atoms with Crippen molar-refractivity contribution in [3.05, 3.63) is 56.5 Å². The van der Waals surface area contributed by atoms with E-state index < -0.39 is 0 Å². The summed E-state index contributed by atoms with van der Waals surface area (Å²) in [5.41, 5.74) is 3.18. The average molecular weight is 263 g/mol. The highest BCUT2D eigenvalue weighted by molar-refractivity contribution is 7.12. The molecule has 1 atom stereocenters. The van der Waals surface area contributed by atoms with E-state index in [2.05, 4.69) is 24.4 Å². The molecule has 1 N–H and O–H groups in total. The van der Waals surface area contributed by atoms with E-state index in [9.17, 15) is 4.39 Å². The van der Waals surface area contributed by atoms with Crippen LogP contribution in [-0.2, 0) is 0 Å². The molecule has 18 heavy (non-hydrogen) atoms. The first-order valence-electron chi connectivity index (χ1n) is 6.03. The van der Waals surface area contributed by atoms with Gasteiger partial charge in [-0.2, -0.15) is 0 Å². The van der Waals surface area contributed by atoms with Gasteiger partial charge >= 0.3 is 0 Å². The maximum atomic E-state index is 13.4. The molecule has 2 rings (SSSR count). The van der Waals surface area contributed by atoms with Crippen molar-refractivity contribution in [3.63, 3.8) is 0 Å². The van der Waals surface area contributed by atoms with E-state index in [1.165, 1.54) is 15.3 Å². The first kappa shape index (κ1) is 13.2. The van der Waals surface area contributed by atoms with Crippen LogP contribution in [0.2, 0.25) is 0 Å². The molecule has 0 fully saturated rings. The van der Waals surface area contributed by atoms with Gasteiger partial charge in [0.1, 0.15) is 5.82 Å². The van der Waals surface area contributed by atoms with Crippen molar-refractivity contribution < 1.29 is 4.39 Å². The zero-order valence-electron chi connectivity index (χ0n) is 11.2. The van der Waals surface area contributed by atoms with E-state index in [0.29, 0.717) is 0 Å². The Labute approximate surface area is 112 Å². The van der Waals surface area contributed by atoms with Gasteiger partial charge in [0, 0.05) is 9.75 Å². The third kappa shape index (κ3) is 2.47. The normalized spacial score (nSPS) is 12.7. The first-order valence-corrected chi connectivity index (χ1v) is 6.85. The molecular weight excluding hydrogens is 245 g/mol. The quantitative estimate of drug-likeness (QED) is 0.878. The van der Waals surface area contributed by atoms with Crippen molar-refractivity contribution >= 4 is 11.3 Å². The molecule has 0 bridgehead atoms. The van der Waals surface area contributed by atoms with E-state index in [1.807, 2.05) is 20.9 Å². The van der Waals surface area contributed by atoms with Crippen LogP contribution in [0, 0.1) is 26.6 Å². The minimum Gasteiger partial charge on any atom is -0.309 e. The van der Waals surface area contributed by atoms with Gasteiger partial charge < -0.3 is 5.32 Å².